The van der Waals surface area contributed by atoms with Crippen molar-refractivity contribution in [3.05, 3.63) is 95.3 Å². The van der Waals surface area contributed by atoms with E-state index in [0.717, 1.165) is 18.2 Å². The van der Waals surface area contributed by atoms with Gasteiger partial charge in [0.25, 0.3) is 5.91 Å². The lowest BCUT2D eigenvalue weighted by Gasteiger charge is -2.26. The monoisotopic (exact) mass is 509 g/mol. The minimum absolute atomic E-state index is 0.00708. The number of hydrogen-bond acceptors (Lipinski definition) is 4. The Kier molecular flexibility index (Phi) is 7.84. The van der Waals surface area contributed by atoms with Gasteiger partial charge >= 0.3 is 16.3 Å². The molecule has 0 aliphatic rings. The number of carbonyl (C=O) groups excluding carboxylic acids is 1. The predicted octanol–water partition coefficient (Wildman–Crippen LogP) is 5.91. The van der Waals surface area contributed by atoms with E-state index < -0.39 is 38.5 Å². The van der Waals surface area contributed by atoms with Gasteiger partial charge in [0.2, 0.25) is 0 Å². The van der Waals surface area contributed by atoms with Crippen molar-refractivity contribution in [2.24, 2.45) is 5.92 Å². The first kappa shape index (κ1) is 26.2. The molecule has 0 aliphatic heterocycles. The van der Waals surface area contributed by atoms with Crippen molar-refractivity contribution in [3.8, 4) is 5.75 Å². The van der Waals surface area contributed by atoms with Crippen molar-refractivity contribution < 1.29 is 35.0 Å². The molecule has 0 spiro atoms. The van der Waals surface area contributed by atoms with Gasteiger partial charge in [0.1, 0.15) is 16.5 Å². The number of alkyl halides is 3. The van der Waals surface area contributed by atoms with Gasteiger partial charge in [-0.1, -0.05) is 50.2 Å². The van der Waals surface area contributed by atoms with Crippen molar-refractivity contribution in [2.45, 2.75) is 31.5 Å². The number of hydrogen-bond donors (Lipinski definition) is 0. The molecule has 35 heavy (non-hydrogen) atoms. The van der Waals surface area contributed by atoms with Crippen LogP contribution in [0.5, 0.6) is 5.75 Å². The molecule has 5 nitrogen and oxygen atoms in total. The molecule has 10 heteroatoms. The molecule has 1 amide bonds. The van der Waals surface area contributed by atoms with Crippen LogP contribution in [0.25, 0.3) is 0 Å². The third-order valence-corrected chi connectivity index (χ3v) is 6.19. The molecule has 0 atom stereocenters. The van der Waals surface area contributed by atoms with Crippen molar-refractivity contribution in [1.29, 1.82) is 0 Å². The molecule has 0 aliphatic carbocycles. The zero-order valence-corrected chi connectivity index (χ0v) is 19.7. The fourth-order valence-electron chi connectivity index (χ4n) is 3.38. The smallest absolute Gasteiger partial charge is 0.379 e. The molecule has 0 saturated heterocycles. The Morgan fingerprint density at radius 1 is 0.971 bits per heavy atom. The van der Waals surface area contributed by atoms with Gasteiger partial charge in [-0.3, -0.25) is 4.79 Å². The Morgan fingerprint density at radius 3 is 2.29 bits per heavy atom. The molecule has 0 aromatic heterocycles. The van der Waals surface area contributed by atoms with E-state index in [1.807, 2.05) is 13.8 Å². The van der Waals surface area contributed by atoms with Crippen LogP contribution in [0.3, 0.4) is 0 Å². The van der Waals surface area contributed by atoms with Crippen LogP contribution in [0.4, 0.5) is 17.6 Å². The number of amides is 1. The number of rotatable bonds is 8. The van der Waals surface area contributed by atoms with E-state index in [1.165, 1.54) is 47.4 Å². The third-order valence-electron chi connectivity index (χ3n) is 4.96. The lowest BCUT2D eigenvalue weighted by Crippen LogP contribution is -2.34. The quantitative estimate of drug-likeness (QED) is 0.280. The number of benzene rings is 3. The molecule has 0 unspecified atom stereocenters. The van der Waals surface area contributed by atoms with Gasteiger partial charge in [-0.15, -0.1) is 0 Å². The molecule has 0 bridgehead atoms. The van der Waals surface area contributed by atoms with Crippen LogP contribution >= 0.6 is 0 Å². The number of carbonyl (C=O) groups is 1. The first-order valence-corrected chi connectivity index (χ1v) is 12.0. The van der Waals surface area contributed by atoms with E-state index in [2.05, 4.69) is 0 Å². The van der Waals surface area contributed by atoms with Crippen molar-refractivity contribution in [2.75, 3.05) is 6.54 Å². The second-order valence-corrected chi connectivity index (χ2v) is 9.78. The standard InChI is InChI=1S/C25H23F4NO4S/c1-17(2)15-30(24(31)21-11-4-5-12-22(21)26)16-18-8-3-6-13-23(18)34-35(32,33)20-10-7-9-19(14-20)25(27,28)29/h3-14,17H,15-16H2,1-2H3. The Labute approximate surface area is 201 Å². The van der Waals surface area contributed by atoms with Gasteiger partial charge in [-0.05, 0) is 42.3 Å². The molecule has 0 radical (unpaired) electrons. The van der Waals surface area contributed by atoms with Crippen LogP contribution in [0, 0.1) is 11.7 Å². The SMILES string of the molecule is CC(C)CN(Cc1ccccc1OS(=O)(=O)c1cccc(C(F)(F)F)c1)C(=O)c1ccccc1F. The van der Waals surface area contributed by atoms with E-state index in [0.29, 0.717) is 6.07 Å². The third kappa shape index (κ3) is 6.60. The molecular weight excluding hydrogens is 486 g/mol. The van der Waals surface area contributed by atoms with Gasteiger partial charge in [0.05, 0.1) is 11.1 Å². The maximum Gasteiger partial charge on any atom is 0.416 e. The highest BCUT2D eigenvalue weighted by atomic mass is 32.2. The molecule has 0 saturated carbocycles. The average Bonchev–Trinajstić information content (AvgIpc) is 2.79. The maximum atomic E-state index is 14.3. The largest absolute Gasteiger partial charge is 0.416 e. The van der Waals surface area contributed by atoms with E-state index >= 15 is 0 Å². The summed E-state index contributed by atoms with van der Waals surface area (Å²) in [5.41, 5.74) is -0.981. The first-order chi connectivity index (χ1) is 16.4. The van der Waals surface area contributed by atoms with E-state index in [-0.39, 0.29) is 35.9 Å². The van der Waals surface area contributed by atoms with Crippen molar-refractivity contribution in [1.82, 2.24) is 4.90 Å². The molecular formula is C25H23F4NO4S. The number of para-hydroxylation sites is 1. The fourth-order valence-corrected chi connectivity index (χ4v) is 4.39. The highest BCUT2D eigenvalue weighted by molar-refractivity contribution is 7.87. The normalized spacial score (nSPS) is 12.0. The average molecular weight is 510 g/mol. The summed E-state index contributed by atoms with van der Waals surface area (Å²) in [6.45, 7) is 3.85. The second-order valence-electron chi connectivity index (χ2n) is 8.23. The lowest BCUT2D eigenvalue weighted by molar-refractivity contribution is -0.137. The summed E-state index contributed by atoms with van der Waals surface area (Å²) in [6.07, 6.45) is -4.73. The molecule has 0 N–H and O–H groups in total. The summed E-state index contributed by atoms with van der Waals surface area (Å²) in [6, 6.07) is 14.7. The molecule has 3 aromatic rings. The summed E-state index contributed by atoms with van der Waals surface area (Å²) < 4.78 is 84.1. The van der Waals surface area contributed by atoms with Gasteiger partial charge in [0, 0.05) is 18.7 Å². The Balaban J connectivity index is 1.93. The Hall–Kier alpha value is -3.40. The molecule has 186 valence electrons. The van der Waals surface area contributed by atoms with E-state index in [9.17, 15) is 30.8 Å². The summed E-state index contributed by atoms with van der Waals surface area (Å²) >= 11 is 0. The molecule has 0 fully saturated rings. The van der Waals surface area contributed by atoms with E-state index in [4.69, 9.17) is 4.18 Å². The second kappa shape index (κ2) is 10.5. The number of nitrogens with zero attached hydrogens (tertiary/aromatic N) is 1. The zero-order chi connectivity index (χ0) is 25.8. The fraction of sp³-hybridized carbons (Fsp3) is 0.240. The van der Waals surface area contributed by atoms with Crippen molar-refractivity contribution in [3.63, 3.8) is 0 Å². The van der Waals surface area contributed by atoms with Crippen LogP contribution < -0.4 is 4.18 Å². The van der Waals surface area contributed by atoms with Gasteiger partial charge < -0.3 is 9.08 Å². The summed E-state index contributed by atoms with van der Waals surface area (Å²) in [4.78, 5) is 13.8. The summed E-state index contributed by atoms with van der Waals surface area (Å²) in [5.74, 6) is -1.43. The topological polar surface area (TPSA) is 63.7 Å². The maximum absolute atomic E-state index is 14.3. The number of halogens is 4. The first-order valence-electron chi connectivity index (χ1n) is 10.6. The Bertz CT molecular complexity index is 1310. The Morgan fingerprint density at radius 2 is 1.63 bits per heavy atom. The molecule has 0 heterocycles. The highest BCUT2D eigenvalue weighted by Crippen LogP contribution is 2.32. The minimum atomic E-state index is -4.73. The summed E-state index contributed by atoms with van der Waals surface area (Å²) in [5, 5.41) is 0. The predicted molar refractivity (Wildman–Crippen MR) is 122 cm³/mol. The van der Waals surface area contributed by atoms with Gasteiger partial charge in [-0.25, -0.2) is 4.39 Å². The van der Waals surface area contributed by atoms with Crippen LogP contribution in [0.15, 0.2) is 77.7 Å². The van der Waals surface area contributed by atoms with Crippen LogP contribution in [-0.2, 0) is 22.8 Å². The van der Waals surface area contributed by atoms with Gasteiger partial charge in [0.15, 0.2) is 0 Å². The highest BCUT2D eigenvalue weighted by Gasteiger charge is 2.32. The van der Waals surface area contributed by atoms with Gasteiger partial charge in [-0.2, -0.15) is 21.6 Å². The molecule has 3 aromatic carbocycles. The summed E-state index contributed by atoms with van der Waals surface area (Å²) in [7, 11) is -4.62. The van der Waals surface area contributed by atoms with Crippen molar-refractivity contribution >= 4 is 16.0 Å². The minimum Gasteiger partial charge on any atom is -0.379 e. The lowest BCUT2D eigenvalue weighted by atomic mass is 10.1. The molecule has 3 rings (SSSR count). The zero-order valence-electron chi connectivity index (χ0n) is 18.9. The van der Waals surface area contributed by atoms with E-state index in [1.54, 1.807) is 6.07 Å². The van der Waals surface area contributed by atoms with Crippen LogP contribution in [0.2, 0.25) is 0 Å². The van der Waals surface area contributed by atoms with Crippen LogP contribution in [0.1, 0.15) is 35.3 Å². The van der Waals surface area contributed by atoms with Crippen LogP contribution in [-0.4, -0.2) is 25.8 Å².